The zero-order chi connectivity index (χ0) is 18.8. The van der Waals surface area contributed by atoms with Crippen LogP contribution < -0.4 is 14.8 Å². The van der Waals surface area contributed by atoms with E-state index in [4.69, 9.17) is 14.2 Å². The normalized spacial score (nSPS) is 17.9. The molecule has 0 aromatic heterocycles. The van der Waals surface area contributed by atoms with Crippen LogP contribution in [-0.4, -0.2) is 43.3 Å². The molecule has 27 heavy (non-hydrogen) atoms. The number of ether oxygens (including phenoxy) is 3. The van der Waals surface area contributed by atoms with Gasteiger partial charge in [0, 0.05) is 18.3 Å². The number of nitrogens with one attached hydrogen (secondary N) is 1. The molecule has 0 saturated heterocycles. The quantitative estimate of drug-likeness (QED) is 0.832. The predicted molar refractivity (Wildman–Crippen MR) is 97.6 cm³/mol. The molecule has 1 amide bonds. The second-order valence-electron chi connectivity index (χ2n) is 6.53. The van der Waals surface area contributed by atoms with Gasteiger partial charge in [-0.25, -0.2) is 0 Å². The van der Waals surface area contributed by atoms with Gasteiger partial charge in [0.25, 0.3) is 0 Å². The van der Waals surface area contributed by atoms with Gasteiger partial charge in [0.2, 0.25) is 12.7 Å². The van der Waals surface area contributed by atoms with Gasteiger partial charge in [-0.15, -0.1) is 0 Å². The van der Waals surface area contributed by atoms with Crippen molar-refractivity contribution in [3.05, 3.63) is 53.6 Å². The van der Waals surface area contributed by atoms with Gasteiger partial charge in [0.15, 0.2) is 11.5 Å². The van der Waals surface area contributed by atoms with Crippen molar-refractivity contribution in [2.75, 3.05) is 25.8 Å². The van der Waals surface area contributed by atoms with Crippen LogP contribution in [-0.2, 0) is 27.3 Å². The van der Waals surface area contributed by atoms with E-state index in [1.165, 1.54) is 7.11 Å². The Morgan fingerprint density at radius 2 is 1.93 bits per heavy atom. The lowest BCUT2D eigenvalue weighted by Crippen LogP contribution is -2.49. The van der Waals surface area contributed by atoms with Crippen molar-refractivity contribution in [3.8, 4) is 11.5 Å². The summed E-state index contributed by atoms with van der Waals surface area (Å²) < 4.78 is 15.5. The Morgan fingerprint density at radius 1 is 1.15 bits per heavy atom. The highest BCUT2D eigenvalue weighted by atomic mass is 16.7. The smallest absolute Gasteiger partial charge is 0.323 e. The Morgan fingerprint density at radius 3 is 2.74 bits per heavy atom. The molecule has 1 atom stereocenters. The van der Waals surface area contributed by atoms with E-state index in [2.05, 4.69) is 5.32 Å². The first kappa shape index (κ1) is 17.4. The van der Waals surface area contributed by atoms with Crippen LogP contribution >= 0.6 is 0 Å². The molecule has 0 fully saturated rings. The maximum Gasteiger partial charge on any atom is 0.323 e. The summed E-state index contributed by atoms with van der Waals surface area (Å²) >= 11 is 0. The fraction of sp³-hybridized carbons (Fsp3) is 0.300. The third kappa shape index (κ3) is 3.59. The number of nitrogens with zero attached hydrogens (tertiary/aromatic N) is 1. The molecule has 2 aromatic rings. The highest BCUT2D eigenvalue weighted by Crippen LogP contribution is 2.34. The Hall–Kier alpha value is -3.06. The van der Waals surface area contributed by atoms with Gasteiger partial charge in [0.1, 0.15) is 6.04 Å². The largest absolute Gasteiger partial charge is 0.468 e. The molecule has 0 saturated carbocycles. The summed E-state index contributed by atoms with van der Waals surface area (Å²) in [5, 5.41) is 2.85. The fourth-order valence-corrected chi connectivity index (χ4v) is 3.47. The molecule has 0 spiro atoms. The van der Waals surface area contributed by atoms with Gasteiger partial charge in [0.05, 0.1) is 13.7 Å². The number of fused-ring (bicyclic) bond motifs is 2. The van der Waals surface area contributed by atoms with Gasteiger partial charge in [-0.2, -0.15) is 0 Å². The molecule has 0 unspecified atom stereocenters. The van der Waals surface area contributed by atoms with Crippen molar-refractivity contribution in [1.29, 1.82) is 0 Å². The molecule has 2 aliphatic rings. The Bertz CT molecular complexity index is 882. The molecule has 0 radical (unpaired) electrons. The van der Waals surface area contributed by atoms with Crippen molar-refractivity contribution in [2.45, 2.75) is 19.0 Å². The second-order valence-corrected chi connectivity index (χ2v) is 6.53. The molecule has 7 nitrogen and oxygen atoms in total. The van der Waals surface area contributed by atoms with E-state index >= 15 is 0 Å². The fourth-order valence-electron chi connectivity index (χ4n) is 3.47. The average molecular weight is 368 g/mol. The first-order chi connectivity index (χ1) is 13.1. The molecule has 0 aliphatic carbocycles. The summed E-state index contributed by atoms with van der Waals surface area (Å²) in [6, 6.07) is 12.7. The van der Waals surface area contributed by atoms with E-state index in [1.807, 2.05) is 29.2 Å². The Balaban J connectivity index is 1.47. The highest BCUT2D eigenvalue weighted by molar-refractivity contribution is 5.93. The topological polar surface area (TPSA) is 77.1 Å². The van der Waals surface area contributed by atoms with Gasteiger partial charge in [-0.05, 0) is 29.7 Å². The maximum absolute atomic E-state index is 12.6. The number of hydrogen-bond acceptors (Lipinski definition) is 6. The first-order valence-corrected chi connectivity index (χ1v) is 8.72. The number of benzene rings is 2. The van der Waals surface area contributed by atoms with E-state index in [1.54, 1.807) is 18.2 Å². The molecule has 7 heteroatoms. The molecule has 1 N–H and O–H groups in total. The van der Waals surface area contributed by atoms with Crippen LogP contribution in [0.3, 0.4) is 0 Å². The molecular formula is C20H20N2O5. The van der Waals surface area contributed by atoms with Crippen LogP contribution in [0.2, 0.25) is 0 Å². The summed E-state index contributed by atoms with van der Waals surface area (Å²) in [6.45, 7) is 0.785. The lowest BCUT2D eigenvalue weighted by atomic mass is 9.94. The first-order valence-electron chi connectivity index (χ1n) is 8.72. The molecular weight excluding hydrogens is 348 g/mol. The zero-order valence-electron chi connectivity index (χ0n) is 14.9. The Kier molecular flexibility index (Phi) is 4.68. The number of methoxy groups -OCH3 is 1. The van der Waals surface area contributed by atoms with Gasteiger partial charge < -0.3 is 19.5 Å². The summed E-state index contributed by atoms with van der Waals surface area (Å²) in [7, 11) is 1.37. The summed E-state index contributed by atoms with van der Waals surface area (Å²) in [4.78, 5) is 26.6. The van der Waals surface area contributed by atoms with E-state index in [0.717, 1.165) is 11.1 Å². The number of carbonyl (C=O) groups is 2. The summed E-state index contributed by atoms with van der Waals surface area (Å²) in [5.74, 6) is 0.723. The lowest BCUT2D eigenvalue weighted by Gasteiger charge is -2.34. The third-order valence-corrected chi connectivity index (χ3v) is 4.82. The van der Waals surface area contributed by atoms with Crippen molar-refractivity contribution in [2.24, 2.45) is 0 Å². The maximum atomic E-state index is 12.6. The van der Waals surface area contributed by atoms with Gasteiger partial charge in [-0.1, -0.05) is 24.3 Å². The van der Waals surface area contributed by atoms with Crippen LogP contribution in [0.25, 0.3) is 0 Å². The minimum absolute atomic E-state index is 0.0859. The van der Waals surface area contributed by atoms with Crippen LogP contribution in [0, 0.1) is 0 Å². The molecule has 2 aromatic carbocycles. The molecule has 4 rings (SSSR count). The number of hydrogen-bond donors (Lipinski definition) is 1. The minimum Gasteiger partial charge on any atom is -0.468 e. The van der Waals surface area contributed by atoms with Crippen molar-refractivity contribution >= 4 is 17.6 Å². The predicted octanol–water partition coefficient (Wildman–Crippen LogP) is 1.95. The summed E-state index contributed by atoms with van der Waals surface area (Å²) in [5.41, 5.74) is 2.85. The number of amides is 1. The van der Waals surface area contributed by atoms with E-state index in [9.17, 15) is 9.59 Å². The van der Waals surface area contributed by atoms with E-state index in [0.29, 0.717) is 30.2 Å². The highest BCUT2D eigenvalue weighted by Gasteiger charge is 2.33. The number of anilines is 1. The van der Waals surface area contributed by atoms with Crippen LogP contribution in [0.5, 0.6) is 11.5 Å². The monoisotopic (exact) mass is 368 g/mol. The molecule has 2 aliphatic heterocycles. The second kappa shape index (κ2) is 7.28. The van der Waals surface area contributed by atoms with Crippen molar-refractivity contribution < 1.29 is 23.8 Å². The third-order valence-electron chi connectivity index (χ3n) is 4.82. The summed E-state index contributed by atoms with van der Waals surface area (Å²) in [6.07, 6.45) is 0.528. The van der Waals surface area contributed by atoms with Crippen LogP contribution in [0.4, 0.5) is 5.69 Å². The standard InChI is InChI=1S/C20H20N2O5/c1-25-20(24)16-8-13-4-2-3-5-14(13)10-22(16)11-19(23)21-15-6-7-17-18(9-15)27-12-26-17/h2-7,9,16H,8,10-12H2,1H3,(H,21,23)/t16-/m0/s1. The Labute approximate surface area is 156 Å². The molecule has 140 valence electrons. The van der Waals surface area contributed by atoms with Crippen LogP contribution in [0.15, 0.2) is 42.5 Å². The van der Waals surface area contributed by atoms with Crippen molar-refractivity contribution in [3.63, 3.8) is 0 Å². The minimum atomic E-state index is -0.479. The van der Waals surface area contributed by atoms with E-state index < -0.39 is 6.04 Å². The van der Waals surface area contributed by atoms with Crippen LogP contribution in [0.1, 0.15) is 11.1 Å². The molecule has 2 heterocycles. The zero-order valence-corrected chi connectivity index (χ0v) is 14.9. The number of carbonyl (C=O) groups excluding carboxylic acids is 2. The number of esters is 1. The SMILES string of the molecule is COC(=O)[C@@H]1Cc2ccccc2CN1CC(=O)Nc1ccc2c(c1)OCO2. The van der Waals surface area contributed by atoms with Gasteiger partial charge >= 0.3 is 5.97 Å². The molecule has 0 bridgehead atoms. The van der Waals surface area contributed by atoms with Crippen molar-refractivity contribution in [1.82, 2.24) is 4.90 Å². The lowest BCUT2D eigenvalue weighted by molar-refractivity contribution is -0.148. The number of rotatable bonds is 4. The van der Waals surface area contributed by atoms with Gasteiger partial charge in [-0.3, -0.25) is 14.5 Å². The average Bonchev–Trinajstić information content (AvgIpc) is 3.14. The van der Waals surface area contributed by atoms with E-state index in [-0.39, 0.29) is 25.2 Å².